The van der Waals surface area contributed by atoms with Crippen LogP contribution in [0.2, 0.25) is 0 Å². The lowest BCUT2D eigenvalue weighted by Gasteiger charge is -2.01. The van der Waals surface area contributed by atoms with E-state index in [2.05, 4.69) is 5.32 Å². The summed E-state index contributed by atoms with van der Waals surface area (Å²) >= 11 is 1.74. The molecule has 0 saturated carbocycles. The first kappa shape index (κ1) is 13.1. The molecule has 1 aromatic rings. The van der Waals surface area contributed by atoms with Gasteiger partial charge in [-0.1, -0.05) is 0 Å². The zero-order chi connectivity index (χ0) is 11.8. The summed E-state index contributed by atoms with van der Waals surface area (Å²) in [4.78, 5) is 10.5. The van der Waals surface area contributed by atoms with Crippen LogP contribution in [0.25, 0.3) is 0 Å². The molecule has 0 fully saturated rings. The molecular weight excluding hydrogens is 224 g/mol. The van der Waals surface area contributed by atoms with Gasteiger partial charge in [0.05, 0.1) is 12.3 Å². The van der Waals surface area contributed by atoms with E-state index in [1.54, 1.807) is 11.8 Å². The number of hydrogen-bond acceptors (Lipinski definition) is 4. The van der Waals surface area contributed by atoms with E-state index in [9.17, 15) is 4.79 Å². The van der Waals surface area contributed by atoms with Crippen LogP contribution in [-0.4, -0.2) is 18.7 Å². The third-order valence-electron chi connectivity index (χ3n) is 2.08. The molecule has 1 heterocycles. The molecule has 0 spiro atoms. The maximum atomic E-state index is 10.5. The Balaban J connectivity index is 2.14. The second-order valence-corrected chi connectivity index (χ2v) is 4.41. The van der Waals surface area contributed by atoms with E-state index in [0.29, 0.717) is 13.0 Å². The van der Waals surface area contributed by atoms with Gasteiger partial charge in [0.25, 0.3) is 0 Å². The van der Waals surface area contributed by atoms with Gasteiger partial charge >= 0.3 is 0 Å². The molecule has 0 aromatic carbocycles. The molecule has 90 valence electrons. The van der Waals surface area contributed by atoms with E-state index >= 15 is 0 Å². The van der Waals surface area contributed by atoms with Crippen molar-refractivity contribution in [2.45, 2.75) is 25.1 Å². The number of carbonyl (C=O) groups is 1. The van der Waals surface area contributed by atoms with Gasteiger partial charge in [0, 0.05) is 6.42 Å². The standard InChI is InChI=1S/C11H18N2O2S/c1-16-8-10-5-4-9(15-10)7-13-6-2-3-11(12)14/h4-5,13H,2-3,6-8H2,1H3,(H2,12,14). The number of hydrogen-bond donors (Lipinski definition) is 2. The van der Waals surface area contributed by atoms with Gasteiger partial charge in [0.2, 0.25) is 5.91 Å². The summed E-state index contributed by atoms with van der Waals surface area (Å²) in [5.41, 5.74) is 5.03. The van der Waals surface area contributed by atoms with Crippen molar-refractivity contribution >= 4 is 17.7 Å². The minimum Gasteiger partial charge on any atom is -0.464 e. The molecule has 5 heteroatoms. The fourth-order valence-electron chi connectivity index (χ4n) is 1.34. The van der Waals surface area contributed by atoms with Crippen LogP contribution in [0.1, 0.15) is 24.4 Å². The molecule has 0 radical (unpaired) electrons. The molecule has 0 aliphatic carbocycles. The molecular formula is C11H18N2O2S. The normalized spacial score (nSPS) is 10.6. The van der Waals surface area contributed by atoms with Crippen LogP contribution in [0.15, 0.2) is 16.5 Å². The minimum absolute atomic E-state index is 0.248. The smallest absolute Gasteiger partial charge is 0.217 e. The van der Waals surface area contributed by atoms with Gasteiger partial charge in [-0.15, -0.1) is 0 Å². The summed E-state index contributed by atoms with van der Waals surface area (Å²) in [5.74, 6) is 2.59. The number of nitrogens with one attached hydrogen (secondary N) is 1. The summed E-state index contributed by atoms with van der Waals surface area (Å²) < 4.78 is 5.58. The second-order valence-electron chi connectivity index (χ2n) is 3.55. The third kappa shape index (κ3) is 5.23. The van der Waals surface area contributed by atoms with Gasteiger partial charge in [-0.25, -0.2) is 0 Å². The van der Waals surface area contributed by atoms with Gasteiger partial charge in [-0.05, 0) is 31.4 Å². The molecule has 1 amide bonds. The molecule has 1 rings (SSSR count). The Morgan fingerprint density at radius 3 is 2.94 bits per heavy atom. The number of amides is 1. The Morgan fingerprint density at radius 1 is 1.50 bits per heavy atom. The highest BCUT2D eigenvalue weighted by atomic mass is 32.2. The lowest BCUT2D eigenvalue weighted by molar-refractivity contribution is -0.118. The van der Waals surface area contributed by atoms with Gasteiger partial charge in [0.15, 0.2) is 0 Å². The van der Waals surface area contributed by atoms with E-state index in [4.69, 9.17) is 10.2 Å². The highest BCUT2D eigenvalue weighted by molar-refractivity contribution is 7.97. The van der Waals surface area contributed by atoms with Crippen molar-refractivity contribution in [3.8, 4) is 0 Å². The Labute approximate surface area is 100.0 Å². The molecule has 0 bridgehead atoms. The molecule has 0 atom stereocenters. The fourth-order valence-corrected chi connectivity index (χ4v) is 1.78. The molecule has 0 saturated heterocycles. The molecule has 3 N–H and O–H groups in total. The van der Waals surface area contributed by atoms with E-state index in [1.807, 2.05) is 18.4 Å². The van der Waals surface area contributed by atoms with E-state index < -0.39 is 0 Å². The average Bonchev–Trinajstić information content (AvgIpc) is 2.65. The fraction of sp³-hybridized carbons (Fsp3) is 0.545. The molecule has 0 aliphatic heterocycles. The maximum absolute atomic E-state index is 10.5. The van der Waals surface area contributed by atoms with Crippen LogP contribution in [0.3, 0.4) is 0 Å². The van der Waals surface area contributed by atoms with Gasteiger partial charge < -0.3 is 15.5 Å². The summed E-state index contributed by atoms with van der Waals surface area (Å²) in [6, 6.07) is 3.98. The number of rotatable bonds is 8. The number of furan rings is 1. The molecule has 1 aromatic heterocycles. The van der Waals surface area contributed by atoms with Crippen molar-refractivity contribution in [1.82, 2.24) is 5.32 Å². The average molecular weight is 242 g/mol. The molecule has 16 heavy (non-hydrogen) atoms. The van der Waals surface area contributed by atoms with E-state index in [1.165, 1.54) is 0 Å². The third-order valence-corrected chi connectivity index (χ3v) is 2.65. The van der Waals surface area contributed by atoms with Crippen LogP contribution in [0.5, 0.6) is 0 Å². The van der Waals surface area contributed by atoms with Crippen molar-refractivity contribution < 1.29 is 9.21 Å². The number of carbonyl (C=O) groups excluding carboxylic acids is 1. The summed E-state index contributed by atoms with van der Waals surface area (Å²) in [6.45, 7) is 1.48. The quantitative estimate of drug-likeness (QED) is 0.678. The second kappa shape index (κ2) is 7.35. The van der Waals surface area contributed by atoms with Crippen molar-refractivity contribution in [2.75, 3.05) is 12.8 Å². The first-order valence-corrected chi connectivity index (χ1v) is 6.67. The highest BCUT2D eigenvalue weighted by Gasteiger charge is 2.01. The predicted molar refractivity (Wildman–Crippen MR) is 66.1 cm³/mol. The van der Waals surface area contributed by atoms with Gasteiger partial charge in [-0.3, -0.25) is 4.79 Å². The van der Waals surface area contributed by atoms with Crippen molar-refractivity contribution in [3.05, 3.63) is 23.7 Å². The van der Waals surface area contributed by atoms with Crippen molar-refractivity contribution in [2.24, 2.45) is 5.73 Å². The van der Waals surface area contributed by atoms with Crippen LogP contribution in [0, 0.1) is 0 Å². The molecule has 0 unspecified atom stereocenters. The van der Waals surface area contributed by atoms with E-state index in [0.717, 1.165) is 30.2 Å². The molecule has 0 aliphatic rings. The molecule has 4 nitrogen and oxygen atoms in total. The predicted octanol–water partition coefficient (Wildman–Crippen LogP) is 1.50. The zero-order valence-corrected chi connectivity index (χ0v) is 10.3. The highest BCUT2D eigenvalue weighted by Crippen LogP contribution is 2.13. The summed E-state index contributed by atoms with van der Waals surface area (Å²) in [5, 5.41) is 3.20. The number of primary amides is 1. The number of thioether (sulfide) groups is 1. The topological polar surface area (TPSA) is 68.3 Å². The largest absolute Gasteiger partial charge is 0.464 e. The Hall–Kier alpha value is -0.940. The monoisotopic (exact) mass is 242 g/mol. The van der Waals surface area contributed by atoms with Gasteiger partial charge in [0.1, 0.15) is 11.5 Å². The van der Waals surface area contributed by atoms with Crippen LogP contribution < -0.4 is 11.1 Å². The Morgan fingerprint density at radius 2 is 2.25 bits per heavy atom. The van der Waals surface area contributed by atoms with Gasteiger partial charge in [-0.2, -0.15) is 11.8 Å². The summed E-state index contributed by atoms with van der Waals surface area (Å²) in [6.07, 6.45) is 3.25. The number of nitrogens with two attached hydrogens (primary N) is 1. The zero-order valence-electron chi connectivity index (χ0n) is 9.49. The van der Waals surface area contributed by atoms with Crippen molar-refractivity contribution in [3.63, 3.8) is 0 Å². The Bertz CT molecular complexity index is 326. The van der Waals surface area contributed by atoms with Crippen molar-refractivity contribution in [1.29, 1.82) is 0 Å². The SMILES string of the molecule is CSCc1ccc(CNCCCC(N)=O)o1. The van der Waals surface area contributed by atoms with Crippen LogP contribution >= 0.6 is 11.8 Å². The Kier molecular flexibility index (Phi) is 6.03. The van der Waals surface area contributed by atoms with Crippen LogP contribution in [0.4, 0.5) is 0 Å². The lowest BCUT2D eigenvalue weighted by Crippen LogP contribution is -2.17. The summed E-state index contributed by atoms with van der Waals surface area (Å²) in [7, 11) is 0. The first-order valence-electron chi connectivity index (χ1n) is 5.28. The maximum Gasteiger partial charge on any atom is 0.217 e. The lowest BCUT2D eigenvalue weighted by atomic mass is 10.3. The minimum atomic E-state index is -0.248. The first-order chi connectivity index (χ1) is 7.72. The van der Waals surface area contributed by atoms with E-state index in [-0.39, 0.29) is 5.91 Å². The van der Waals surface area contributed by atoms with Crippen LogP contribution in [-0.2, 0) is 17.1 Å².